The Labute approximate surface area is 151 Å². The number of rotatable bonds is 6. The van der Waals surface area contributed by atoms with Crippen molar-refractivity contribution in [2.45, 2.75) is 87.5 Å². The molecule has 0 spiro atoms. The molecule has 2 unspecified atom stereocenters. The Morgan fingerprint density at radius 1 is 1.12 bits per heavy atom. The lowest BCUT2D eigenvalue weighted by atomic mass is 9.64. The predicted molar refractivity (Wildman–Crippen MR) is 108 cm³/mol. The fourth-order valence-electron chi connectivity index (χ4n) is 4.46. The standard InChI is InChI=1S/C24H40/c1-10-24(9,11-2)21-15-20(22(4,5)6)14-18(17(21)3)16-23(7,8)19-12-13-19/h10,15,18-19H,1,11-14,16H2,2-9H3. The molecule has 0 N–H and O–H groups in total. The molecule has 0 nitrogen and oxygen atoms in total. The van der Waals surface area contributed by atoms with E-state index < -0.39 is 0 Å². The Morgan fingerprint density at radius 2 is 1.71 bits per heavy atom. The second-order valence-electron chi connectivity index (χ2n) is 10.4. The van der Waals surface area contributed by atoms with Crippen molar-refractivity contribution in [3.05, 3.63) is 35.5 Å². The topological polar surface area (TPSA) is 0 Å². The average molecular weight is 329 g/mol. The van der Waals surface area contributed by atoms with Crippen LogP contribution in [-0.4, -0.2) is 0 Å². The minimum Gasteiger partial charge on any atom is -0.102 e. The first-order valence-electron chi connectivity index (χ1n) is 10.0. The molecule has 0 amide bonds. The van der Waals surface area contributed by atoms with E-state index in [9.17, 15) is 0 Å². The van der Waals surface area contributed by atoms with Crippen LogP contribution in [0, 0.1) is 28.1 Å². The summed E-state index contributed by atoms with van der Waals surface area (Å²) in [4.78, 5) is 0. The van der Waals surface area contributed by atoms with Crippen molar-refractivity contribution in [2.75, 3.05) is 0 Å². The van der Waals surface area contributed by atoms with Crippen LogP contribution < -0.4 is 0 Å². The monoisotopic (exact) mass is 328 g/mol. The lowest BCUT2D eigenvalue weighted by Crippen LogP contribution is -2.28. The number of hydrogen-bond donors (Lipinski definition) is 0. The fourth-order valence-corrected chi connectivity index (χ4v) is 4.46. The number of allylic oxidation sites excluding steroid dienone is 5. The summed E-state index contributed by atoms with van der Waals surface area (Å²) in [6, 6.07) is 0. The summed E-state index contributed by atoms with van der Waals surface area (Å²) >= 11 is 0. The van der Waals surface area contributed by atoms with Gasteiger partial charge in [0, 0.05) is 5.41 Å². The molecule has 0 saturated heterocycles. The van der Waals surface area contributed by atoms with Gasteiger partial charge in [-0.05, 0) is 67.3 Å². The van der Waals surface area contributed by atoms with Gasteiger partial charge in [0.15, 0.2) is 0 Å². The minimum absolute atomic E-state index is 0.100. The smallest absolute Gasteiger partial charge is 0.00979 e. The number of hydrogen-bond acceptors (Lipinski definition) is 0. The molecule has 0 heterocycles. The lowest BCUT2D eigenvalue weighted by Gasteiger charge is -2.41. The third kappa shape index (κ3) is 3.89. The molecular weight excluding hydrogens is 288 g/mol. The molecule has 1 saturated carbocycles. The molecule has 0 aromatic carbocycles. The van der Waals surface area contributed by atoms with E-state index in [0.29, 0.717) is 11.3 Å². The molecule has 2 aliphatic carbocycles. The van der Waals surface area contributed by atoms with Crippen LogP contribution in [0.3, 0.4) is 0 Å². The molecule has 2 atom stereocenters. The summed E-state index contributed by atoms with van der Waals surface area (Å²) in [5, 5.41) is 0. The summed E-state index contributed by atoms with van der Waals surface area (Å²) in [7, 11) is 0. The van der Waals surface area contributed by atoms with Gasteiger partial charge in [-0.15, -0.1) is 6.58 Å². The molecule has 0 aliphatic heterocycles. The molecule has 0 aromatic rings. The van der Waals surface area contributed by atoms with Crippen LogP contribution in [0.1, 0.15) is 87.5 Å². The first-order chi connectivity index (χ1) is 10.9. The van der Waals surface area contributed by atoms with E-state index in [4.69, 9.17) is 0 Å². The third-order valence-corrected chi connectivity index (χ3v) is 7.04. The van der Waals surface area contributed by atoms with Gasteiger partial charge in [-0.25, -0.2) is 0 Å². The Balaban J connectivity index is 2.43. The van der Waals surface area contributed by atoms with E-state index in [1.54, 1.807) is 16.7 Å². The van der Waals surface area contributed by atoms with Gasteiger partial charge in [-0.2, -0.15) is 0 Å². The maximum Gasteiger partial charge on any atom is 0.00979 e. The van der Waals surface area contributed by atoms with E-state index in [0.717, 1.165) is 12.3 Å². The van der Waals surface area contributed by atoms with Crippen LogP contribution in [0.15, 0.2) is 35.5 Å². The third-order valence-electron chi connectivity index (χ3n) is 7.04. The summed E-state index contributed by atoms with van der Waals surface area (Å²) in [5.41, 5.74) is 5.64. The lowest BCUT2D eigenvalue weighted by molar-refractivity contribution is 0.235. The molecule has 0 radical (unpaired) electrons. The van der Waals surface area contributed by atoms with E-state index in [2.05, 4.69) is 74.1 Å². The van der Waals surface area contributed by atoms with E-state index in [1.807, 2.05) is 0 Å². The highest BCUT2D eigenvalue weighted by Crippen LogP contribution is 2.53. The average Bonchev–Trinajstić information content (AvgIpc) is 3.32. The highest BCUT2D eigenvalue weighted by Gasteiger charge is 2.41. The van der Waals surface area contributed by atoms with Gasteiger partial charge in [0.2, 0.25) is 0 Å². The van der Waals surface area contributed by atoms with Crippen LogP contribution in [0.2, 0.25) is 0 Å². The van der Waals surface area contributed by atoms with E-state index in [1.165, 1.54) is 25.7 Å². The largest absolute Gasteiger partial charge is 0.102 e. The molecule has 2 rings (SSSR count). The van der Waals surface area contributed by atoms with Crippen molar-refractivity contribution in [2.24, 2.45) is 28.1 Å². The SMILES string of the molecule is C=CC(C)(CC)C1=C(C)C(CC(C)(C)C2CC2)CC(C(C)(C)C)=C1. The predicted octanol–water partition coefficient (Wildman–Crippen LogP) is 7.72. The van der Waals surface area contributed by atoms with Gasteiger partial charge in [-0.1, -0.05) is 71.8 Å². The first-order valence-corrected chi connectivity index (χ1v) is 10.0. The second kappa shape index (κ2) is 6.50. The van der Waals surface area contributed by atoms with Crippen LogP contribution in [0.25, 0.3) is 0 Å². The summed E-state index contributed by atoms with van der Waals surface area (Å²) in [5.74, 6) is 1.65. The quantitative estimate of drug-likeness (QED) is 0.438. The normalized spacial score (nSPS) is 25.3. The Hall–Kier alpha value is -0.780. The molecule has 24 heavy (non-hydrogen) atoms. The van der Waals surface area contributed by atoms with Gasteiger partial charge in [-0.3, -0.25) is 0 Å². The van der Waals surface area contributed by atoms with Crippen LogP contribution in [0.4, 0.5) is 0 Å². The molecule has 0 bridgehead atoms. The highest BCUT2D eigenvalue weighted by atomic mass is 14.5. The molecule has 0 aromatic heterocycles. The summed E-state index contributed by atoms with van der Waals surface area (Å²) in [6.07, 6.45) is 11.3. The molecule has 136 valence electrons. The molecule has 0 heteroatoms. The highest BCUT2D eigenvalue weighted by molar-refractivity contribution is 5.42. The van der Waals surface area contributed by atoms with Crippen molar-refractivity contribution in [1.29, 1.82) is 0 Å². The van der Waals surface area contributed by atoms with Gasteiger partial charge in [0.05, 0.1) is 0 Å². The maximum absolute atomic E-state index is 4.17. The van der Waals surface area contributed by atoms with Crippen molar-refractivity contribution >= 4 is 0 Å². The zero-order chi connectivity index (χ0) is 18.3. The summed E-state index contributed by atoms with van der Waals surface area (Å²) in [6.45, 7) is 23.4. The molecule has 2 aliphatic rings. The van der Waals surface area contributed by atoms with Crippen LogP contribution in [-0.2, 0) is 0 Å². The fraction of sp³-hybridized carbons (Fsp3) is 0.750. The molecule has 1 fully saturated rings. The van der Waals surface area contributed by atoms with Crippen molar-refractivity contribution in [1.82, 2.24) is 0 Å². The first kappa shape index (κ1) is 19.5. The van der Waals surface area contributed by atoms with E-state index in [-0.39, 0.29) is 10.8 Å². The van der Waals surface area contributed by atoms with Crippen LogP contribution >= 0.6 is 0 Å². The minimum atomic E-state index is 0.100. The Morgan fingerprint density at radius 3 is 2.12 bits per heavy atom. The second-order valence-corrected chi connectivity index (χ2v) is 10.4. The zero-order valence-electron chi connectivity index (χ0n) is 17.6. The van der Waals surface area contributed by atoms with Crippen molar-refractivity contribution in [3.8, 4) is 0 Å². The maximum atomic E-state index is 4.17. The Kier molecular flexibility index (Phi) is 5.30. The van der Waals surface area contributed by atoms with Crippen molar-refractivity contribution in [3.63, 3.8) is 0 Å². The van der Waals surface area contributed by atoms with Crippen LogP contribution in [0.5, 0.6) is 0 Å². The van der Waals surface area contributed by atoms with Gasteiger partial charge >= 0.3 is 0 Å². The van der Waals surface area contributed by atoms with Crippen molar-refractivity contribution < 1.29 is 0 Å². The summed E-state index contributed by atoms with van der Waals surface area (Å²) < 4.78 is 0. The van der Waals surface area contributed by atoms with E-state index >= 15 is 0 Å². The zero-order valence-corrected chi connectivity index (χ0v) is 17.6. The van der Waals surface area contributed by atoms with Gasteiger partial charge in [0.25, 0.3) is 0 Å². The molecular formula is C24H40. The van der Waals surface area contributed by atoms with Gasteiger partial charge in [0.1, 0.15) is 0 Å². The van der Waals surface area contributed by atoms with Gasteiger partial charge < -0.3 is 0 Å². The Bertz CT molecular complexity index is 545.